The smallest absolute Gasteiger partial charge is 0.233 e. The van der Waals surface area contributed by atoms with Crippen LogP contribution in [0.1, 0.15) is 62.0 Å². The predicted molar refractivity (Wildman–Crippen MR) is 109 cm³/mol. The van der Waals surface area contributed by atoms with Gasteiger partial charge in [0.15, 0.2) is 0 Å². The summed E-state index contributed by atoms with van der Waals surface area (Å²) >= 11 is 1.42. The Kier molecular flexibility index (Phi) is 4.06. The summed E-state index contributed by atoms with van der Waals surface area (Å²) in [4.78, 5) is 19.6. The van der Waals surface area contributed by atoms with Crippen molar-refractivity contribution in [2.75, 3.05) is 12.3 Å². The van der Waals surface area contributed by atoms with Crippen LogP contribution in [-0.4, -0.2) is 38.3 Å². The highest BCUT2D eigenvalue weighted by Gasteiger charge is 2.61. The van der Waals surface area contributed by atoms with Crippen molar-refractivity contribution in [2.24, 2.45) is 5.41 Å². The number of carbonyl (C=O) groups is 1. The Balaban J connectivity index is 1.28. The molecule has 1 aliphatic heterocycles. The van der Waals surface area contributed by atoms with Crippen molar-refractivity contribution in [3.8, 4) is 0 Å². The van der Waals surface area contributed by atoms with Crippen LogP contribution in [0.3, 0.4) is 0 Å². The molecule has 1 aromatic heterocycles. The number of thioether (sulfide) groups is 1. The van der Waals surface area contributed by atoms with Crippen molar-refractivity contribution in [2.45, 2.75) is 63.1 Å². The zero-order valence-corrected chi connectivity index (χ0v) is 17.6. The number of benzene rings is 1. The summed E-state index contributed by atoms with van der Waals surface area (Å²) in [5.74, 6) is 0.977. The molecule has 28 heavy (non-hydrogen) atoms. The van der Waals surface area contributed by atoms with Gasteiger partial charge in [-0.25, -0.2) is 4.98 Å². The molecule has 2 atom stereocenters. The molecule has 2 heterocycles. The van der Waals surface area contributed by atoms with Crippen LogP contribution in [0.25, 0.3) is 0 Å². The van der Waals surface area contributed by atoms with Gasteiger partial charge in [-0.3, -0.25) is 4.79 Å². The van der Waals surface area contributed by atoms with Gasteiger partial charge in [-0.2, -0.15) is 5.10 Å². The Bertz CT molecular complexity index is 959. The third kappa shape index (κ3) is 2.53. The maximum Gasteiger partial charge on any atom is 0.233 e. The van der Waals surface area contributed by atoms with Gasteiger partial charge in [0.25, 0.3) is 0 Å². The molecule has 6 heteroatoms. The lowest BCUT2D eigenvalue weighted by atomic mass is 9.70. The van der Waals surface area contributed by atoms with Gasteiger partial charge in [0.2, 0.25) is 11.1 Å². The fourth-order valence-electron chi connectivity index (χ4n) is 5.35. The maximum atomic E-state index is 12.7. The van der Waals surface area contributed by atoms with Gasteiger partial charge in [0.05, 0.1) is 17.1 Å². The maximum absolute atomic E-state index is 12.7. The molecule has 1 amide bonds. The van der Waals surface area contributed by atoms with Gasteiger partial charge < -0.3 is 4.90 Å². The van der Waals surface area contributed by atoms with Crippen molar-refractivity contribution in [1.29, 1.82) is 0 Å². The molecular formula is C22H26N4OS. The van der Waals surface area contributed by atoms with E-state index in [1.165, 1.54) is 29.3 Å². The zero-order chi connectivity index (χ0) is 19.5. The van der Waals surface area contributed by atoms with E-state index in [0.29, 0.717) is 23.4 Å². The Labute approximate surface area is 170 Å². The van der Waals surface area contributed by atoms with Crippen LogP contribution >= 0.6 is 11.8 Å². The normalized spacial score (nSPS) is 26.8. The predicted octanol–water partition coefficient (Wildman–Crippen LogP) is 3.72. The molecular weight excluding hydrogens is 368 g/mol. The van der Waals surface area contributed by atoms with Gasteiger partial charge in [0, 0.05) is 24.4 Å². The Hall–Kier alpha value is -1.95. The summed E-state index contributed by atoms with van der Waals surface area (Å²) in [6.45, 7) is 8.47. The van der Waals surface area contributed by atoms with Crippen LogP contribution in [0.15, 0.2) is 29.4 Å². The second-order valence-corrected chi connectivity index (χ2v) is 10.0. The first-order chi connectivity index (χ1) is 13.4. The number of hydrogen-bond donors (Lipinski definition) is 0. The van der Waals surface area contributed by atoms with E-state index in [1.54, 1.807) is 0 Å². The fraction of sp³-hybridized carbons (Fsp3) is 0.545. The molecule has 5 rings (SSSR count). The van der Waals surface area contributed by atoms with E-state index in [4.69, 9.17) is 4.98 Å². The molecule has 1 aromatic carbocycles. The van der Waals surface area contributed by atoms with Crippen molar-refractivity contribution in [3.05, 3.63) is 46.8 Å². The molecule has 0 N–H and O–H groups in total. The Morgan fingerprint density at radius 3 is 2.82 bits per heavy atom. The summed E-state index contributed by atoms with van der Waals surface area (Å²) in [7, 11) is 0. The summed E-state index contributed by atoms with van der Waals surface area (Å²) in [6.07, 6.45) is 3.26. The average Bonchev–Trinajstić information content (AvgIpc) is 3.04. The lowest BCUT2D eigenvalue weighted by Crippen LogP contribution is -2.37. The van der Waals surface area contributed by atoms with Gasteiger partial charge in [-0.1, -0.05) is 56.8 Å². The molecule has 2 bridgehead atoms. The van der Waals surface area contributed by atoms with Gasteiger partial charge >= 0.3 is 0 Å². The zero-order valence-electron chi connectivity index (χ0n) is 16.7. The minimum absolute atomic E-state index is 0.0683. The van der Waals surface area contributed by atoms with Gasteiger partial charge in [-0.15, -0.1) is 5.10 Å². The van der Waals surface area contributed by atoms with Crippen LogP contribution in [0.2, 0.25) is 0 Å². The lowest BCUT2D eigenvalue weighted by Gasteiger charge is -2.34. The second-order valence-electron chi connectivity index (χ2n) is 9.10. The fourth-order valence-corrected chi connectivity index (χ4v) is 6.04. The molecule has 0 radical (unpaired) electrons. The molecule has 0 unspecified atom stereocenters. The number of fused-ring (bicyclic) bond motifs is 6. The third-order valence-corrected chi connectivity index (χ3v) is 8.40. The number of rotatable bonds is 3. The lowest BCUT2D eigenvalue weighted by molar-refractivity contribution is -0.129. The van der Waals surface area contributed by atoms with E-state index in [2.05, 4.69) is 49.2 Å². The quantitative estimate of drug-likeness (QED) is 0.743. The van der Waals surface area contributed by atoms with Crippen molar-refractivity contribution in [3.63, 3.8) is 0 Å². The van der Waals surface area contributed by atoms with Crippen LogP contribution in [0.5, 0.6) is 0 Å². The van der Waals surface area contributed by atoms with E-state index in [-0.39, 0.29) is 16.7 Å². The van der Waals surface area contributed by atoms with E-state index in [9.17, 15) is 4.79 Å². The highest BCUT2D eigenvalue weighted by atomic mass is 32.2. The van der Waals surface area contributed by atoms with E-state index < -0.39 is 0 Å². The number of amides is 1. The molecule has 0 saturated heterocycles. The number of hydrogen-bond acceptors (Lipinski definition) is 5. The van der Waals surface area contributed by atoms with Crippen LogP contribution < -0.4 is 0 Å². The monoisotopic (exact) mass is 394 g/mol. The molecule has 146 valence electrons. The average molecular weight is 395 g/mol. The number of aromatic nitrogens is 3. The largest absolute Gasteiger partial charge is 0.337 e. The Morgan fingerprint density at radius 2 is 2.00 bits per heavy atom. The third-order valence-electron chi connectivity index (χ3n) is 7.58. The first-order valence-electron chi connectivity index (χ1n) is 10.1. The molecule has 2 aromatic rings. The second kappa shape index (κ2) is 6.28. The Morgan fingerprint density at radius 1 is 1.21 bits per heavy atom. The van der Waals surface area contributed by atoms with Crippen molar-refractivity contribution < 1.29 is 4.79 Å². The summed E-state index contributed by atoms with van der Waals surface area (Å²) in [5, 5.41) is 9.53. The summed E-state index contributed by atoms with van der Waals surface area (Å²) in [6, 6.07) is 8.39. The van der Waals surface area contributed by atoms with E-state index in [0.717, 1.165) is 30.8 Å². The van der Waals surface area contributed by atoms with E-state index >= 15 is 0 Å². The highest BCUT2D eigenvalue weighted by Crippen LogP contribution is 2.66. The molecule has 0 spiro atoms. The number of carbonyl (C=O) groups excluding carboxylic acids is 1. The van der Waals surface area contributed by atoms with Crippen molar-refractivity contribution >= 4 is 17.7 Å². The van der Waals surface area contributed by atoms with E-state index in [1.807, 2.05) is 11.0 Å². The van der Waals surface area contributed by atoms with Gasteiger partial charge in [-0.05, 0) is 35.8 Å². The summed E-state index contributed by atoms with van der Waals surface area (Å²) in [5.41, 5.74) is 5.06. The van der Waals surface area contributed by atoms with Crippen LogP contribution in [0, 0.1) is 5.41 Å². The number of nitrogens with zero attached hydrogens (tertiary/aromatic N) is 4. The first kappa shape index (κ1) is 18.1. The molecule has 3 aliphatic rings. The minimum Gasteiger partial charge on any atom is -0.337 e. The van der Waals surface area contributed by atoms with Crippen LogP contribution in [0.4, 0.5) is 0 Å². The molecule has 1 fully saturated rings. The first-order valence-corrected chi connectivity index (χ1v) is 11.1. The van der Waals surface area contributed by atoms with Gasteiger partial charge in [0.1, 0.15) is 0 Å². The topological polar surface area (TPSA) is 59.0 Å². The molecule has 1 saturated carbocycles. The minimum atomic E-state index is 0.0683. The molecule has 2 aliphatic carbocycles. The summed E-state index contributed by atoms with van der Waals surface area (Å²) < 4.78 is 0. The SMILES string of the molecule is CC1(C)[C@@H]2CC[C@@]1(C)c1nc(SCC(=O)N3CCc4ccccc4C3)nnc12. The standard InChI is InChI=1S/C22H26N4OS/c1-21(2)16-8-10-22(21,3)19-18(16)24-25-20(23-19)28-13-17(27)26-11-9-14-6-4-5-7-15(14)12-26/h4-7,16H,8-13H2,1-3H3/t16-,22+/m1/s1. The highest BCUT2D eigenvalue weighted by molar-refractivity contribution is 7.99. The van der Waals surface area contributed by atoms with Crippen LogP contribution in [-0.2, 0) is 23.2 Å². The van der Waals surface area contributed by atoms with Crippen molar-refractivity contribution in [1.82, 2.24) is 20.1 Å². The molecule has 5 nitrogen and oxygen atoms in total.